The van der Waals surface area contributed by atoms with Gasteiger partial charge in [-0.25, -0.2) is 27.8 Å². The molecule has 0 spiro atoms. The van der Waals surface area contributed by atoms with Crippen LogP contribution in [0.1, 0.15) is 34.5 Å². The van der Waals surface area contributed by atoms with Crippen molar-refractivity contribution < 1.29 is 41.7 Å². The van der Waals surface area contributed by atoms with Crippen LogP contribution in [-0.4, -0.2) is 65.8 Å². The van der Waals surface area contributed by atoms with Gasteiger partial charge in [-0.1, -0.05) is 6.07 Å². The SMILES string of the molecule is COCCOc1cc2ncnc(Oc3ccc(CC(=O)c4c5n(n(-c6cc(F)ccc6F)c4=O)CCCC5)cc3F)c2cc1OCCOC. The van der Waals surface area contributed by atoms with Crippen LogP contribution in [0.15, 0.2) is 59.7 Å². The van der Waals surface area contributed by atoms with Crippen molar-refractivity contribution in [1.29, 1.82) is 0 Å². The lowest BCUT2D eigenvalue weighted by Crippen LogP contribution is -2.25. The summed E-state index contributed by atoms with van der Waals surface area (Å²) in [6, 6.07) is 10.1. The van der Waals surface area contributed by atoms with Crippen LogP contribution in [-0.2, 0) is 28.9 Å². The highest BCUT2D eigenvalue weighted by Crippen LogP contribution is 2.37. The summed E-state index contributed by atoms with van der Waals surface area (Å²) in [6.45, 7) is 1.55. The van der Waals surface area contributed by atoms with Gasteiger partial charge in [0.2, 0.25) is 5.88 Å². The average Bonchev–Trinajstić information content (AvgIpc) is 3.39. The molecule has 0 bridgehead atoms. The van der Waals surface area contributed by atoms with Gasteiger partial charge in [-0.15, -0.1) is 0 Å². The summed E-state index contributed by atoms with van der Waals surface area (Å²) in [5, 5.41) is 0.428. The van der Waals surface area contributed by atoms with Gasteiger partial charge in [-0.05, 0) is 55.2 Å². The van der Waals surface area contributed by atoms with E-state index in [2.05, 4.69) is 9.97 Å². The monoisotopic (exact) mass is 678 g/mol. The molecule has 14 heteroatoms. The second-order valence-corrected chi connectivity index (χ2v) is 11.3. The minimum Gasteiger partial charge on any atom is -0.487 e. The van der Waals surface area contributed by atoms with Crippen molar-refractivity contribution in [3.05, 3.63) is 99.5 Å². The molecule has 1 aliphatic rings. The maximum absolute atomic E-state index is 15.5. The van der Waals surface area contributed by atoms with Crippen LogP contribution >= 0.6 is 0 Å². The average molecular weight is 679 g/mol. The number of nitrogens with zero attached hydrogens (tertiary/aromatic N) is 4. The zero-order valence-electron chi connectivity index (χ0n) is 26.8. The third-order valence-electron chi connectivity index (χ3n) is 8.02. The van der Waals surface area contributed by atoms with Gasteiger partial charge in [0.15, 0.2) is 28.8 Å². The molecule has 3 aromatic carbocycles. The number of benzene rings is 3. The van der Waals surface area contributed by atoms with E-state index in [9.17, 15) is 18.4 Å². The largest absolute Gasteiger partial charge is 0.487 e. The van der Waals surface area contributed by atoms with Gasteiger partial charge < -0.3 is 23.7 Å². The van der Waals surface area contributed by atoms with E-state index in [4.69, 9.17) is 23.7 Å². The van der Waals surface area contributed by atoms with Crippen LogP contribution in [0, 0.1) is 17.5 Å². The van der Waals surface area contributed by atoms with Crippen molar-refractivity contribution in [2.75, 3.05) is 40.6 Å². The lowest BCUT2D eigenvalue weighted by atomic mass is 9.99. The molecule has 49 heavy (non-hydrogen) atoms. The number of ether oxygens (including phenoxy) is 5. The zero-order chi connectivity index (χ0) is 34.5. The van der Waals surface area contributed by atoms with Crippen molar-refractivity contribution in [2.24, 2.45) is 0 Å². The van der Waals surface area contributed by atoms with Crippen LogP contribution in [0.25, 0.3) is 16.6 Å². The second kappa shape index (κ2) is 14.9. The van der Waals surface area contributed by atoms with E-state index in [1.54, 1.807) is 26.4 Å². The summed E-state index contributed by atoms with van der Waals surface area (Å²) >= 11 is 0. The number of rotatable bonds is 14. The van der Waals surface area contributed by atoms with Crippen LogP contribution in [0.4, 0.5) is 13.2 Å². The van der Waals surface area contributed by atoms with E-state index in [0.717, 1.165) is 35.4 Å². The zero-order valence-corrected chi connectivity index (χ0v) is 26.8. The molecule has 0 atom stereocenters. The van der Waals surface area contributed by atoms with Gasteiger partial charge >= 0.3 is 0 Å². The smallest absolute Gasteiger partial charge is 0.282 e. The van der Waals surface area contributed by atoms with E-state index in [1.165, 1.54) is 23.1 Å². The van der Waals surface area contributed by atoms with Crippen molar-refractivity contribution in [2.45, 2.75) is 32.2 Å². The number of ketones is 1. The summed E-state index contributed by atoms with van der Waals surface area (Å²) in [6.07, 6.45) is 2.80. The molecular formula is C35H33F3N4O7. The molecule has 0 amide bonds. The maximum atomic E-state index is 15.5. The second-order valence-electron chi connectivity index (χ2n) is 11.3. The van der Waals surface area contributed by atoms with Crippen LogP contribution < -0.4 is 19.8 Å². The fourth-order valence-corrected chi connectivity index (χ4v) is 5.73. The first-order chi connectivity index (χ1) is 23.8. The quantitative estimate of drug-likeness (QED) is 0.109. The Morgan fingerprint density at radius 1 is 0.837 bits per heavy atom. The number of hydrogen-bond donors (Lipinski definition) is 0. The number of Topliss-reactive ketones (excluding diaryl/α,β-unsaturated/α-hetero) is 1. The summed E-state index contributed by atoms with van der Waals surface area (Å²) in [4.78, 5) is 35.6. The van der Waals surface area contributed by atoms with Crippen molar-refractivity contribution in [3.63, 3.8) is 0 Å². The first kappa shape index (κ1) is 33.7. The summed E-state index contributed by atoms with van der Waals surface area (Å²) in [5.74, 6) is -2.17. The number of hydrogen-bond acceptors (Lipinski definition) is 9. The normalized spacial score (nSPS) is 12.6. The van der Waals surface area contributed by atoms with E-state index >= 15 is 4.39 Å². The van der Waals surface area contributed by atoms with E-state index in [-0.39, 0.29) is 48.1 Å². The van der Waals surface area contributed by atoms with Gasteiger partial charge in [-0.3, -0.25) is 14.3 Å². The third kappa shape index (κ3) is 7.15. The van der Waals surface area contributed by atoms with Gasteiger partial charge in [0.1, 0.15) is 42.4 Å². The molecule has 0 saturated heterocycles. The van der Waals surface area contributed by atoms with Crippen molar-refractivity contribution in [1.82, 2.24) is 19.3 Å². The predicted octanol–water partition coefficient (Wildman–Crippen LogP) is 5.60. The number of halogens is 3. The Bertz CT molecular complexity index is 2060. The van der Waals surface area contributed by atoms with Crippen LogP contribution in [0.3, 0.4) is 0 Å². The number of aromatic nitrogens is 4. The molecule has 11 nitrogen and oxygen atoms in total. The molecule has 0 saturated carbocycles. The minimum absolute atomic E-state index is 0.0540. The van der Waals surface area contributed by atoms with Crippen LogP contribution in [0.2, 0.25) is 0 Å². The molecule has 6 rings (SSSR count). The Hall–Kier alpha value is -5.21. The fraction of sp³-hybridized carbons (Fsp3) is 0.314. The first-order valence-electron chi connectivity index (χ1n) is 15.6. The highest BCUT2D eigenvalue weighted by Gasteiger charge is 2.29. The third-order valence-corrected chi connectivity index (χ3v) is 8.02. The number of methoxy groups -OCH3 is 2. The molecule has 256 valence electrons. The predicted molar refractivity (Wildman–Crippen MR) is 172 cm³/mol. The fourth-order valence-electron chi connectivity index (χ4n) is 5.73. The molecule has 1 aliphatic heterocycles. The van der Waals surface area contributed by atoms with Gasteiger partial charge in [0.05, 0.1) is 29.8 Å². The maximum Gasteiger partial charge on any atom is 0.282 e. The van der Waals surface area contributed by atoms with Crippen molar-refractivity contribution >= 4 is 16.7 Å². The Labute approximate surface area is 278 Å². The molecule has 2 aromatic heterocycles. The molecular weight excluding hydrogens is 645 g/mol. The van der Waals surface area contributed by atoms with Gasteiger partial charge in [0, 0.05) is 39.3 Å². The Morgan fingerprint density at radius 2 is 1.59 bits per heavy atom. The molecule has 3 heterocycles. The molecule has 0 aliphatic carbocycles. The molecule has 0 fully saturated rings. The summed E-state index contributed by atoms with van der Waals surface area (Å²) in [5.41, 5.74) is 0.0387. The topological polar surface area (TPSA) is 116 Å². The van der Waals surface area contributed by atoms with Crippen molar-refractivity contribution in [3.8, 4) is 28.8 Å². The standard InChI is InChI=1S/C35H33F3N4O7/c1-45-11-13-47-31-18-23-26(19-32(31)48-14-12-46-2)39-20-40-34(23)49-30-9-6-21(15-25(30)38)16-29(43)33-27-5-3-4-10-41(27)42(35(33)44)28-17-22(36)7-8-24(28)37/h6-9,15,17-20H,3-5,10-14,16H2,1-2H3. The summed E-state index contributed by atoms with van der Waals surface area (Å²) < 4.78 is 74.5. The number of fused-ring (bicyclic) bond motifs is 2. The highest BCUT2D eigenvalue weighted by molar-refractivity contribution is 5.98. The minimum atomic E-state index is -0.798. The van der Waals surface area contributed by atoms with Gasteiger partial charge in [0.25, 0.3) is 5.56 Å². The Morgan fingerprint density at radius 3 is 2.33 bits per heavy atom. The highest BCUT2D eigenvalue weighted by atomic mass is 19.1. The molecule has 0 N–H and O–H groups in total. The lowest BCUT2D eigenvalue weighted by Gasteiger charge is -2.19. The molecule has 0 unspecified atom stereocenters. The first-order valence-corrected chi connectivity index (χ1v) is 15.6. The van der Waals surface area contributed by atoms with E-state index in [1.807, 2.05) is 0 Å². The van der Waals surface area contributed by atoms with E-state index < -0.39 is 28.8 Å². The number of carbonyl (C=O) groups excluding carboxylic acids is 1. The lowest BCUT2D eigenvalue weighted by molar-refractivity contribution is 0.0990. The Kier molecular flexibility index (Phi) is 10.3. The van der Waals surface area contributed by atoms with Gasteiger partial charge in [-0.2, -0.15) is 0 Å². The number of carbonyl (C=O) groups is 1. The Balaban J connectivity index is 1.26. The van der Waals surface area contributed by atoms with Crippen LogP contribution in [0.5, 0.6) is 23.1 Å². The molecule has 5 aromatic rings. The summed E-state index contributed by atoms with van der Waals surface area (Å²) in [7, 11) is 3.11. The molecule has 0 radical (unpaired) electrons. The van der Waals surface area contributed by atoms with E-state index in [0.29, 0.717) is 60.7 Å².